The van der Waals surface area contributed by atoms with Crippen LogP contribution in [-0.4, -0.2) is 49.9 Å². The van der Waals surface area contributed by atoms with Gasteiger partial charge in [0.25, 0.3) is 5.91 Å². The van der Waals surface area contributed by atoms with Crippen LogP contribution in [0, 0.1) is 5.92 Å². The van der Waals surface area contributed by atoms with Crippen molar-refractivity contribution in [3.8, 4) is 10.4 Å². The van der Waals surface area contributed by atoms with Crippen molar-refractivity contribution in [3.63, 3.8) is 0 Å². The van der Waals surface area contributed by atoms with Gasteiger partial charge in [-0.1, -0.05) is 18.2 Å². The van der Waals surface area contributed by atoms with E-state index in [0.29, 0.717) is 15.7 Å². The Morgan fingerprint density at radius 1 is 1.13 bits per heavy atom. The van der Waals surface area contributed by atoms with Gasteiger partial charge in [0.2, 0.25) is 0 Å². The molecule has 0 aliphatic carbocycles. The van der Waals surface area contributed by atoms with Crippen LogP contribution in [0.5, 0.6) is 0 Å². The fourth-order valence-electron chi connectivity index (χ4n) is 4.36. The summed E-state index contributed by atoms with van der Waals surface area (Å²) in [6.45, 7) is 4.21. The Hall–Kier alpha value is -2.11. The molecule has 3 saturated heterocycles. The van der Waals surface area contributed by atoms with E-state index in [0.717, 1.165) is 37.3 Å². The number of nitrogens with zero attached hydrogens (tertiary/aromatic N) is 1. The highest BCUT2D eigenvalue weighted by atomic mass is 32.2. The zero-order valence-corrected chi connectivity index (χ0v) is 18.3. The van der Waals surface area contributed by atoms with Crippen molar-refractivity contribution in [1.29, 1.82) is 0 Å². The van der Waals surface area contributed by atoms with Crippen LogP contribution in [0.15, 0.2) is 36.4 Å². The normalized spacial score (nSPS) is 25.9. The minimum atomic E-state index is -5.55. The van der Waals surface area contributed by atoms with Crippen LogP contribution in [0.4, 0.5) is 18.9 Å². The molecule has 2 N–H and O–H groups in total. The molecule has 5 rings (SSSR count). The summed E-state index contributed by atoms with van der Waals surface area (Å²) in [6, 6.07) is 9.34. The Balaban J connectivity index is 1.54. The van der Waals surface area contributed by atoms with Crippen LogP contribution in [0.2, 0.25) is 0 Å². The molecule has 0 saturated carbocycles. The first-order chi connectivity index (χ1) is 14.6. The van der Waals surface area contributed by atoms with Crippen LogP contribution in [0.25, 0.3) is 10.4 Å². The second-order valence-corrected chi connectivity index (χ2v) is 10.6. The van der Waals surface area contributed by atoms with E-state index in [1.165, 1.54) is 18.2 Å². The topological polar surface area (TPSA) is 78.5 Å². The molecule has 2 aromatic rings. The lowest BCUT2D eigenvalue weighted by Gasteiger charge is -2.49. The number of para-hydroxylation sites is 1. The highest BCUT2D eigenvalue weighted by molar-refractivity contribution is 7.93. The number of rotatable bonds is 5. The number of alkyl halides is 3. The van der Waals surface area contributed by atoms with E-state index >= 15 is 0 Å². The lowest BCUT2D eigenvalue weighted by molar-refractivity contribution is -0.0429. The molecule has 3 aliphatic heterocycles. The highest BCUT2D eigenvalue weighted by Crippen LogP contribution is 2.37. The Labute approximate surface area is 182 Å². The Morgan fingerprint density at radius 3 is 2.45 bits per heavy atom. The lowest BCUT2D eigenvalue weighted by atomic mass is 9.79. The minimum Gasteiger partial charge on any atom is -0.347 e. The highest BCUT2D eigenvalue weighted by Gasteiger charge is 2.46. The molecule has 1 aromatic heterocycles. The van der Waals surface area contributed by atoms with E-state index in [-0.39, 0.29) is 29.2 Å². The fraction of sp³-hybridized carbons (Fsp3) is 0.450. The second-order valence-electron chi connectivity index (χ2n) is 7.87. The molecule has 4 heterocycles. The number of sulfonamides is 1. The standard InChI is InChI=1S/C20H22F3N3O3S2/c1-12-18(13-8-10-26(12)11-9-13)24-19(27)17-7-6-16(30-17)14-4-2-3-5-15(14)25-31(28,29)20(21,22)23/h2-7,12-13,18,25H,8-11H2,1H3,(H,24,27)/t12-,18+/m1/s1. The van der Waals surface area contributed by atoms with Crippen LogP contribution in [-0.2, 0) is 10.0 Å². The van der Waals surface area contributed by atoms with E-state index in [1.54, 1.807) is 22.9 Å². The molecule has 31 heavy (non-hydrogen) atoms. The number of nitrogens with one attached hydrogen (secondary N) is 2. The predicted octanol–water partition coefficient (Wildman–Crippen LogP) is 3.89. The lowest BCUT2D eigenvalue weighted by Crippen LogP contribution is -2.62. The van der Waals surface area contributed by atoms with Gasteiger partial charge in [0, 0.05) is 22.5 Å². The fourth-order valence-corrected chi connectivity index (χ4v) is 5.89. The first-order valence-corrected chi connectivity index (χ1v) is 12.2. The first kappa shape index (κ1) is 22.1. The van der Waals surface area contributed by atoms with E-state index in [2.05, 4.69) is 17.1 Å². The largest absolute Gasteiger partial charge is 0.516 e. The number of hydrogen-bond donors (Lipinski definition) is 2. The quantitative estimate of drug-likeness (QED) is 0.691. The molecule has 0 spiro atoms. The SMILES string of the molecule is C[C@@H]1[C@H](NC(=O)c2ccc(-c3ccccc3NS(=O)(=O)C(F)(F)F)s2)C2CCN1CC2. The molecular formula is C20H22F3N3O3S2. The number of hydrogen-bond acceptors (Lipinski definition) is 5. The van der Waals surface area contributed by atoms with Crippen molar-refractivity contribution in [2.75, 3.05) is 17.8 Å². The number of halogens is 3. The van der Waals surface area contributed by atoms with Gasteiger partial charge in [0.05, 0.1) is 10.6 Å². The third-order valence-corrected chi connectivity index (χ3v) is 8.26. The number of fused-ring (bicyclic) bond motifs is 3. The molecule has 168 valence electrons. The van der Waals surface area contributed by atoms with Gasteiger partial charge in [-0.25, -0.2) is 0 Å². The number of carbonyl (C=O) groups is 1. The van der Waals surface area contributed by atoms with E-state index < -0.39 is 15.5 Å². The summed E-state index contributed by atoms with van der Waals surface area (Å²) in [6.07, 6.45) is 2.11. The summed E-state index contributed by atoms with van der Waals surface area (Å²) in [5, 5.41) is 3.12. The van der Waals surface area contributed by atoms with Gasteiger partial charge in [0.15, 0.2) is 0 Å². The number of carbonyl (C=O) groups excluding carboxylic acids is 1. The first-order valence-electron chi connectivity index (χ1n) is 9.90. The summed E-state index contributed by atoms with van der Waals surface area (Å²) in [7, 11) is -5.55. The summed E-state index contributed by atoms with van der Waals surface area (Å²) in [4.78, 5) is 16.1. The van der Waals surface area contributed by atoms with Gasteiger partial charge >= 0.3 is 15.5 Å². The third-order valence-electron chi connectivity index (χ3n) is 6.05. The summed E-state index contributed by atoms with van der Waals surface area (Å²) in [5.74, 6) is 0.219. The average molecular weight is 474 g/mol. The van der Waals surface area contributed by atoms with Crippen LogP contribution < -0.4 is 10.0 Å². The molecule has 6 nitrogen and oxygen atoms in total. The summed E-state index contributed by atoms with van der Waals surface area (Å²) >= 11 is 1.11. The van der Waals surface area contributed by atoms with Gasteiger partial charge < -0.3 is 5.32 Å². The molecule has 2 bridgehead atoms. The smallest absolute Gasteiger partial charge is 0.347 e. The number of anilines is 1. The maximum Gasteiger partial charge on any atom is 0.516 e. The Bertz CT molecular complexity index is 1070. The molecule has 1 aromatic carbocycles. The number of thiophene rings is 1. The van der Waals surface area contributed by atoms with Crippen LogP contribution >= 0.6 is 11.3 Å². The second kappa shape index (κ2) is 8.10. The van der Waals surface area contributed by atoms with Crippen molar-refractivity contribution in [3.05, 3.63) is 41.3 Å². The van der Waals surface area contributed by atoms with E-state index in [1.807, 2.05) is 0 Å². The van der Waals surface area contributed by atoms with Crippen LogP contribution in [0.1, 0.15) is 29.4 Å². The van der Waals surface area contributed by atoms with Crippen molar-refractivity contribution < 1.29 is 26.4 Å². The molecule has 0 unspecified atom stereocenters. The third kappa shape index (κ3) is 4.31. The Morgan fingerprint density at radius 2 is 1.81 bits per heavy atom. The zero-order chi connectivity index (χ0) is 22.4. The molecular weight excluding hydrogens is 451 g/mol. The monoisotopic (exact) mass is 473 g/mol. The van der Waals surface area contributed by atoms with Crippen molar-refractivity contribution in [1.82, 2.24) is 10.2 Å². The molecule has 2 atom stereocenters. The van der Waals surface area contributed by atoms with E-state index in [9.17, 15) is 26.4 Å². The molecule has 3 aliphatic rings. The molecule has 3 fully saturated rings. The van der Waals surface area contributed by atoms with Gasteiger partial charge in [-0.2, -0.15) is 21.6 Å². The Kier molecular flexibility index (Phi) is 5.78. The van der Waals surface area contributed by atoms with Crippen molar-refractivity contribution in [2.24, 2.45) is 5.92 Å². The predicted molar refractivity (Wildman–Crippen MR) is 113 cm³/mol. The minimum absolute atomic E-state index is 0.0615. The maximum atomic E-state index is 12.8. The number of benzene rings is 1. The number of piperidine rings is 3. The van der Waals surface area contributed by atoms with Gasteiger partial charge in [-0.05, 0) is 57.0 Å². The number of amides is 1. The molecule has 0 radical (unpaired) electrons. The van der Waals surface area contributed by atoms with Gasteiger partial charge in [0.1, 0.15) is 0 Å². The maximum absolute atomic E-state index is 12.8. The van der Waals surface area contributed by atoms with Gasteiger partial charge in [-0.15, -0.1) is 11.3 Å². The zero-order valence-electron chi connectivity index (χ0n) is 16.6. The molecule has 11 heteroatoms. The summed E-state index contributed by atoms with van der Waals surface area (Å²) < 4.78 is 63.0. The van der Waals surface area contributed by atoms with Crippen molar-refractivity contribution in [2.45, 2.75) is 37.4 Å². The van der Waals surface area contributed by atoms with Crippen LogP contribution in [0.3, 0.4) is 0 Å². The summed E-state index contributed by atoms with van der Waals surface area (Å²) in [5.41, 5.74) is -5.34. The van der Waals surface area contributed by atoms with Crippen molar-refractivity contribution >= 4 is 33.0 Å². The molecule has 1 amide bonds. The average Bonchev–Trinajstić information content (AvgIpc) is 3.20. The van der Waals surface area contributed by atoms with E-state index in [4.69, 9.17) is 0 Å². The van der Waals surface area contributed by atoms with Gasteiger partial charge in [-0.3, -0.25) is 14.4 Å².